The number of aromatic carboxylic acids is 1. The van der Waals surface area contributed by atoms with Gasteiger partial charge in [-0.15, -0.1) is 0 Å². The van der Waals surface area contributed by atoms with E-state index in [2.05, 4.69) is 5.32 Å². The number of nitrogens with one attached hydrogen (secondary N) is 1. The van der Waals surface area contributed by atoms with Crippen molar-refractivity contribution in [1.29, 1.82) is 0 Å². The van der Waals surface area contributed by atoms with Crippen molar-refractivity contribution in [3.8, 4) is 5.75 Å². The van der Waals surface area contributed by atoms with E-state index in [1.165, 1.54) is 6.07 Å². The molecule has 0 heterocycles. The van der Waals surface area contributed by atoms with Gasteiger partial charge in [0.25, 0.3) is 0 Å². The first-order valence-electron chi connectivity index (χ1n) is 6.00. The Bertz CT molecular complexity index is 628. The Kier molecular flexibility index (Phi) is 4.48. The maximum atomic E-state index is 11.0. The molecule has 2 aromatic rings. The highest BCUT2D eigenvalue weighted by atomic mass is 35.5. The standard InChI is InChI=1S/C15H14ClNO3/c1-20-14-5-3-2-4-10(14)9-17-11-6-7-13(16)12(8-11)15(18)19/h2-8,17H,9H2,1H3,(H,18,19). The second kappa shape index (κ2) is 6.30. The molecule has 2 N–H and O–H groups in total. The quantitative estimate of drug-likeness (QED) is 0.882. The molecule has 2 rings (SSSR count). The molecule has 20 heavy (non-hydrogen) atoms. The van der Waals surface area contributed by atoms with Gasteiger partial charge in [-0.3, -0.25) is 0 Å². The molecule has 0 aliphatic carbocycles. The Hall–Kier alpha value is -2.20. The fourth-order valence-electron chi connectivity index (χ4n) is 1.85. The topological polar surface area (TPSA) is 58.6 Å². The minimum atomic E-state index is -1.05. The molecule has 5 heteroatoms. The molecule has 0 aliphatic heterocycles. The zero-order valence-electron chi connectivity index (χ0n) is 10.9. The Balaban J connectivity index is 2.15. The molecule has 0 aromatic heterocycles. The normalized spacial score (nSPS) is 10.1. The van der Waals surface area contributed by atoms with Crippen molar-refractivity contribution >= 4 is 23.3 Å². The molecule has 0 atom stereocenters. The number of halogens is 1. The van der Waals surface area contributed by atoms with E-state index in [-0.39, 0.29) is 10.6 Å². The molecule has 4 nitrogen and oxygen atoms in total. The van der Waals surface area contributed by atoms with E-state index in [4.69, 9.17) is 21.4 Å². The predicted octanol–water partition coefficient (Wildman–Crippen LogP) is 3.66. The van der Waals surface area contributed by atoms with Crippen LogP contribution < -0.4 is 10.1 Å². The maximum absolute atomic E-state index is 11.0. The van der Waals surface area contributed by atoms with Crippen molar-refractivity contribution in [2.24, 2.45) is 0 Å². The highest BCUT2D eigenvalue weighted by Crippen LogP contribution is 2.23. The van der Waals surface area contributed by atoms with E-state index >= 15 is 0 Å². The van der Waals surface area contributed by atoms with Crippen LogP contribution in [-0.2, 0) is 6.54 Å². The van der Waals surface area contributed by atoms with Crippen LogP contribution in [0.15, 0.2) is 42.5 Å². The van der Waals surface area contributed by atoms with Crippen molar-refractivity contribution < 1.29 is 14.6 Å². The van der Waals surface area contributed by atoms with Crippen LogP contribution in [-0.4, -0.2) is 18.2 Å². The van der Waals surface area contributed by atoms with Gasteiger partial charge in [-0.2, -0.15) is 0 Å². The van der Waals surface area contributed by atoms with Crippen LogP contribution >= 0.6 is 11.6 Å². The van der Waals surface area contributed by atoms with E-state index < -0.39 is 5.97 Å². The lowest BCUT2D eigenvalue weighted by Gasteiger charge is -2.11. The molecule has 0 bridgehead atoms. The lowest BCUT2D eigenvalue weighted by molar-refractivity contribution is 0.0697. The number of para-hydroxylation sites is 1. The largest absolute Gasteiger partial charge is 0.496 e. The molecule has 0 saturated heterocycles. The van der Waals surface area contributed by atoms with Gasteiger partial charge < -0.3 is 15.2 Å². The Morgan fingerprint density at radius 3 is 2.75 bits per heavy atom. The van der Waals surface area contributed by atoms with Crippen LogP contribution in [0.4, 0.5) is 5.69 Å². The number of carbonyl (C=O) groups is 1. The summed E-state index contributed by atoms with van der Waals surface area (Å²) in [5.74, 6) is -0.261. The summed E-state index contributed by atoms with van der Waals surface area (Å²) in [6.07, 6.45) is 0. The number of methoxy groups -OCH3 is 1. The summed E-state index contributed by atoms with van der Waals surface area (Å²) < 4.78 is 5.26. The summed E-state index contributed by atoms with van der Waals surface area (Å²) in [6, 6.07) is 12.5. The molecule has 0 aliphatic rings. The summed E-state index contributed by atoms with van der Waals surface area (Å²) in [5.41, 5.74) is 1.76. The summed E-state index contributed by atoms with van der Waals surface area (Å²) >= 11 is 5.83. The number of benzene rings is 2. The Labute approximate surface area is 122 Å². The third kappa shape index (κ3) is 3.22. The van der Waals surface area contributed by atoms with Crippen LogP contribution in [0.1, 0.15) is 15.9 Å². The second-order valence-corrected chi connectivity index (χ2v) is 4.57. The first-order valence-corrected chi connectivity index (χ1v) is 6.38. The highest BCUT2D eigenvalue weighted by molar-refractivity contribution is 6.33. The first-order chi connectivity index (χ1) is 9.61. The number of ether oxygens (including phenoxy) is 1. The average molecular weight is 292 g/mol. The van der Waals surface area contributed by atoms with Crippen molar-refractivity contribution in [2.75, 3.05) is 12.4 Å². The van der Waals surface area contributed by atoms with Gasteiger partial charge in [0.15, 0.2) is 0 Å². The van der Waals surface area contributed by atoms with E-state index in [1.807, 2.05) is 24.3 Å². The van der Waals surface area contributed by atoms with Crippen LogP contribution in [0.25, 0.3) is 0 Å². The van der Waals surface area contributed by atoms with Gasteiger partial charge in [0.1, 0.15) is 5.75 Å². The zero-order valence-corrected chi connectivity index (χ0v) is 11.6. The van der Waals surface area contributed by atoms with Gasteiger partial charge in [-0.05, 0) is 24.3 Å². The predicted molar refractivity (Wildman–Crippen MR) is 78.7 cm³/mol. The molecular weight excluding hydrogens is 278 g/mol. The Morgan fingerprint density at radius 1 is 1.30 bits per heavy atom. The van der Waals surface area contributed by atoms with Gasteiger partial charge in [-0.25, -0.2) is 4.79 Å². The van der Waals surface area contributed by atoms with Crippen LogP contribution in [0, 0.1) is 0 Å². The lowest BCUT2D eigenvalue weighted by Crippen LogP contribution is -2.04. The number of anilines is 1. The molecule has 0 saturated carbocycles. The van der Waals surface area contributed by atoms with Crippen LogP contribution in [0.3, 0.4) is 0 Å². The average Bonchev–Trinajstić information content (AvgIpc) is 2.46. The first kappa shape index (κ1) is 14.2. The number of carboxylic acids is 1. The minimum absolute atomic E-state index is 0.0803. The van der Waals surface area contributed by atoms with Gasteiger partial charge in [0.05, 0.1) is 17.7 Å². The number of carboxylic acid groups (broad SMARTS) is 1. The third-order valence-electron chi connectivity index (χ3n) is 2.87. The SMILES string of the molecule is COc1ccccc1CNc1ccc(Cl)c(C(=O)O)c1. The second-order valence-electron chi connectivity index (χ2n) is 4.17. The monoisotopic (exact) mass is 291 g/mol. The van der Waals surface area contributed by atoms with Crippen LogP contribution in [0.5, 0.6) is 5.75 Å². The third-order valence-corrected chi connectivity index (χ3v) is 3.20. The van der Waals surface area contributed by atoms with E-state index in [1.54, 1.807) is 19.2 Å². The molecule has 104 valence electrons. The van der Waals surface area contributed by atoms with Crippen molar-refractivity contribution in [3.63, 3.8) is 0 Å². The molecule has 0 spiro atoms. The van der Waals surface area contributed by atoms with E-state index in [0.29, 0.717) is 12.2 Å². The van der Waals surface area contributed by atoms with Gasteiger partial charge in [0.2, 0.25) is 0 Å². The maximum Gasteiger partial charge on any atom is 0.337 e. The van der Waals surface area contributed by atoms with Crippen molar-refractivity contribution in [3.05, 3.63) is 58.6 Å². The fraction of sp³-hybridized carbons (Fsp3) is 0.133. The summed E-state index contributed by atoms with van der Waals surface area (Å²) in [6.45, 7) is 0.532. The number of hydrogen-bond donors (Lipinski definition) is 2. The van der Waals surface area contributed by atoms with Crippen molar-refractivity contribution in [1.82, 2.24) is 0 Å². The summed E-state index contributed by atoms with van der Waals surface area (Å²) in [7, 11) is 1.61. The minimum Gasteiger partial charge on any atom is -0.496 e. The summed E-state index contributed by atoms with van der Waals surface area (Å²) in [5, 5.41) is 12.4. The number of hydrogen-bond acceptors (Lipinski definition) is 3. The van der Waals surface area contributed by atoms with E-state index in [9.17, 15) is 4.79 Å². The molecule has 2 aromatic carbocycles. The molecule has 0 amide bonds. The van der Waals surface area contributed by atoms with Gasteiger partial charge in [-0.1, -0.05) is 29.8 Å². The molecular formula is C15H14ClNO3. The number of rotatable bonds is 5. The molecule has 0 fully saturated rings. The van der Waals surface area contributed by atoms with Gasteiger partial charge >= 0.3 is 5.97 Å². The molecule has 0 unspecified atom stereocenters. The zero-order chi connectivity index (χ0) is 14.5. The molecule has 0 radical (unpaired) electrons. The summed E-state index contributed by atoms with van der Waals surface area (Å²) in [4.78, 5) is 11.0. The van der Waals surface area contributed by atoms with E-state index in [0.717, 1.165) is 11.3 Å². The van der Waals surface area contributed by atoms with Crippen LogP contribution in [0.2, 0.25) is 5.02 Å². The fourth-order valence-corrected chi connectivity index (χ4v) is 2.04. The smallest absolute Gasteiger partial charge is 0.337 e. The van der Waals surface area contributed by atoms with Gasteiger partial charge in [0, 0.05) is 17.8 Å². The Morgan fingerprint density at radius 2 is 2.05 bits per heavy atom. The highest BCUT2D eigenvalue weighted by Gasteiger charge is 2.09. The van der Waals surface area contributed by atoms with Crippen molar-refractivity contribution in [2.45, 2.75) is 6.54 Å². The lowest BCUT2D eigenvalue weighted by atomic mass is 10.1.